The summed E-state index contributed by atoms with van der Waals surface area (Å²) in [6.07, 6.45) is 0. The lowest BCUT2D eigenvalue weighted by Crippen LogP contribution is -2.00. The Morgan fingerprint density at radius 2 is 1.18 bits per heavy atom. The van der Waals surface area contributed by atoms with Crippen molar-refractivity contribution in [2.24, 2.45) is 0 Å². The molecule has 0 saturated heterocycles. The Kier molecular flexibility index (Phi) is 6.02. The van der Waals surface area contributed by atoms with E-state index in [2.05, 4.69) is 72.8 Å². The van der Waals surface area contributed by atoms with Crippen LogP contribution in [0.15, 0.2) is 154 Å². The maximum absolute atomic E-state index is 6.68. The van der Waals surface area contributed by atoms with Crippen LogP contribution in [0.5, 0.6) is 0 Å². The molecule has 0 fully saturated rings. The highest BCUT2D eigenvalue weighted by atomic mass is 32.1. The van der Waals surface area contributed by atoms with Gasteiger partial charge in [0.1, 0.15) is 16.7 Å². The number of rotatable bonds is 4. The fourth-order valence-corrected chi connectivity index (χ4v) is 8.39. The molecule has 51 heavy (non-hydrogen) atoms. The summed E-state index contributed by atoms with van der Waals surface area (Å²) in [7, 11) is 0. The van der Waals surface area contributed by atoms with Crippen molar-refractivity contribution >= 4 is 75.3 Å². The molecule has 4 heterocycles. The molecule has 0 radical (unpaired) electrons. The molecule has 7 heteroatoms. The van der Waals surface area contributed by atoms with Crippen molar-refractivity contribution in [1.29, 1.82) is 0 Å². The average Bonchev–Trinajstić information content (AvgIpc) is 3.91. The van der Waals surface area contributed by atoms with Gasteiger partial charge in [-0.1, -0.05) is 103 Å². The third kappa shape index (κ3) is 4.42. The molecule has 0 aliphatic rings. The average molecular weight is 673 g/mol. The molecule has 0 N–H and O–H groups in total. The number of furan rings is 1. The molecule has 0 atom stereocenters. The summed E-state index contributed by atoms with van der Waals surface area (Å²) in [6.45, 7) is 0. The number of thiophene rings is 1. The van der Waals surface area contributed by atoms with Crippen LogP contribution in [0.3, 0.4) is 0 Å². The summed E-state index contributed by atoms with van der Waals surface area (Å²) in [6, 6.07) is 49.4. The van der Waals surface area contributed by atoms with Crippen LogP contribution in [-0.2, 0) is 0 Å². The number of aromatic nitrogens is 4. The van der Waals surface area contributed by atoms with Gasteiger partial charge in [0.2, 0.25) is 5.89 Å². The minimum Gasteiger partial charge on any atom is -0.456 e. The Morgan fingerprint density at radius 1 is 0.451 bits per heavy atom. The summed E-state index contributed by atoms with van der Waals surface area (Å²) >= 11 is 1.76. The SMILES string of the molecule is c1ccc(-c2nc(-c3cccc4c3sc3ccccc34)nc(-c3cccc4ccc5nc(-c6ccc7oc8ccccc8c7c6)oc5c34)n2)cc1. The first-order valence-corrected chi connectivity index (χ1v) is 17.5. The first kappa shape index (κ1) is 28.2. The second-order valence-electron chi connectivity index (χ2n) is 12.6. The van der Waals surface area contributed by atoms with Gasteiger partial charge in [0.15, 0.2) is 23.1 Å². The Labute approximate surface area is 294 Å². The Hall–Kier alpha value is -6.70. The smallest absolute Gasteiger partial charge is 0.227 e. The zero-order valence-corrected chi connectivity index (χ0v) is 27.7. The molecule has 0 bridgehead atoms. The predicted molar refractivity (Wildman–Crippen MR) is 207 cm³/mol. The number of hydrogen-bond donors (Lipinski definition) is 0. The Morgan fingerprint density at radius 3 is 2.10 bits per heavy atom. The molecule has 11 rings (SSSR count). The van der Waals surface area contributed by atoms with Crippen LogP contribution in [0.25, 0.3) is 110 Å². The van der Waals surface area contributed by atoms with Crippen molar-refractivity contribution in [2.75, 3.05) is 0 Å². The number of hydrogen-bond acceptors (Lipinski definition) is 7. The van der Waals surface area contributed by atoms with Gasteiger partial charge in [-0.05, 0) is 47.9 Å². The normalized spacial score (nSPS) is 11.9. The molecule has 4 aromatic heterocycles. The maximum atomic E-state index is 6.68. The van der Waals surface area contributed by atoms with Crippen molar-refractivity contribution in [3.63, 3.8) is 0 Å². The van der Waals surface area contributed by atoms with Crippen molar-refractivity contribution in [1.82, 2.24) is 19.9 Å². The number of fused-ring (bicyclic) bond motifs is 9. The molecule has 238 valence electrons. The van der Waals surface area contributed by atoms with E-state index < -0.39 is 0 Å². The lowest BCUT2D eigenvalue weighted by atomic mass is 10.0. The minimum absolute atomic E-state index is 0.539. The van der Waals surface area contributed by atoms with Crippen molar-refractivity contribution < 1.29 is 8.83 Å². The standard InChI is InChI=1S/C44H24N4O2S/c1-2-10-26(11-3-1)41-46-42(48-43(47-41)32-17-9-15-30-29-14-5-7-19-37(29)51-40(30)32)31-16-8-12-25-20-22-34-39(38(25)31)50-44(45-34)27-21-23-36-33(24-27)28-13-4-6-18-35(28)49-36/h1-24H. The summed E-state index contributed by atoms with van der Waals surface area (Å²) in [5, 5.41) is 6.42. The van der Waals surface area contributed by atoms with Crippen molar-refractivity contribution in [2.45, 2.75) is 0 Å². The molecule has 0 aliphatic carbocycles. The highest BCUT2D eigenvalue weighted by Gasteiger charge is 2.20. The van der Waals surface area contributed by atoms with Gasteiger partial charge in [-0.2, -0.15) is 0 Å². The van der Waals surface area contributed by atoms with E-state index in [1.165, 1.54) is 15.5 Å². The van der Waals surface area contributed by atoms with E-state index >= 15 is 0 Å². The fraction of sp³-hybridized carbons (Fsp3) is 0. The minimum atomic E-state index is 0.539. The molecular weight excluding hydrogens is 649 g/mol. The van der Waals surface area contributed by atoms with Crippen LogP contribution in [0, 0.1) is 0 Å². The third-order valence-corrected chi connectivity index (χ3v) is 10.8. The molecule has 0 saturated carbocycles. The monoisotopic (exact) mass is 672 g/mol. The van der Waals surface area contributed by atoms with Gasteiger partial charge >= 0.3 is 0 Å². The van der Waals surface area contributed by atoms with E-state index in [1.54, 1.807) is 11.3 Å². The van der Waals surface area contributed by atoms with Crippen LogP contribution in [-0.4, -0.2) is 19.9 Å². The second-order valence-corrected chi connectivity index (χ2v) is 13.7. The highest BCUT2D eigenvalue weighted by Crippen LogP contribution is 2.41. The molecule has 0 amide bonds. The largest absolute Gasteiger partial charge is 0.456 e. The van der Waals surface area contributed by atoms with Gasteiger partial charge in [0.05, 0.1) is 0 Å². The lowest BCUT2D eigenvalue weighted by Gasteiger charge is -2.11. The molecule has 6 nitrogen and oxygen atoms in total. The summed E-state index contributed by atoms with van der Waals surface area (Å²) in [5.41, 5.74) is 6.75. The number of nitrogens with zero attached hydrogens (tertiary/aromatic N) is 4. The van der Waals surface area contributed by atoms with Crippen LogP contribution in [0.4, 0.5) is 0 Å². The molecule has 0 unspecified atom stereocenters. The van der Waals surface area contributed by atoms with Gasteiger partial charge in [0, 0.05) is 58.6 Å². The predicted octanol–water partition coefficient (Wildman–Crippen LogP) is 12.1. The second kappa shape index (κ2) is 10.9. The summed E-state index contributed by atoms with van der Waals surface area (Å²) in [5.74, 6) is 2.34. The van der Waals surface area contributed by atoms with Gasteiger partial charge < -0.3 is 8.83 Å². The van der Waals surface area contributed by atoms with E-state index in [-0.39, 0.29) is 0 Å². The zero-order chi connectivity index (χ0) is 33.5. The topological polar surface area (TPSA) is 77.8 Å². The van der Waals surface area contributed by atoms with Gasteiger partial charge in [-0.3, -0.25) is 0 Å². The lowest BCUT2D eigenvalue weighted by molar-refractivity contribution is 0.623. The Balaban J connectivity index is 1.14. The van der Waals surface area contributed by atoms with Gasteiger partial charge in [-0.15, -0.1) is 11.3 Å². The first-order valence-electron chi connectivity index (χ1n) is 16.7. The van der Waals surface area contributed by atoms with E-state index in [1.807, 2.05) is 72.8 Å². The first-order chi connectivity index (χ1) is 25.2. The van der Waals surface area contributed by atoms with E-state index in [0.717, 1.165) is 65.2 Å². The molecule has 0 aliphatic heterocycles. The van der Waals surface area contributed by atoms with Crippen molar-refractivity contribution in [3.05, 3.63) is 146 Å². The summed E-state index contributed by atoms with van der Waals surface area (Å²) in [4.78, 5) is 20.4. The van der Waals surface area contributed by atoms with E-state index in [4.69, 9.17) is 28.8 Å². The fourth-order valence-electron chi connectivity index (χ4n) is 7.18. The maximum Gasteiger partial charge on any atom is 0.227 e. The number of oxazole rings is 1. The Bertz CT molecular complexity index is 3160. The van der Waals surface area contributed by atoms with E-state index in [0.29, 0.717) is 28.9 Å². The third-order valence-electron chi connectivity index (χ3n) is 9.58. The number of para-hydroxylation sites is 1. The van der Waals surface area contributed by atoms with Crippen LogP contribution in [0.1, 0.15) is 0 Å². The molecular formula is C44H24N4O2S. The molecule has 11 aromatic rings. The summed E-state index contributed by atoms with van der Waals surface area (Å²) < 4.78 is 15.1. The van der Waals surface area contributed by atoms with Crippen LogP contribution in [0.2, 0.25) is 0 Å². The van der Waals surface area contributed by atoms with E-state index in [9.17, 15) is 0 Å². The molecule has 0 spiro atoms. The zero-order valence-electron chi connectivity index (χ0n) is 26.9. The van der Waals surface area contributed by atoms with Gasteiger partial charge in [0.25, 0.3) is 0 Å². The van der Waals surface area contributed by atoms with Gasteiger partial charge in [-0.25, -0.2) is 19.9 Å². The van der Waals surface area contributed by atoms with Crippen LogP contribution >= 0.6 is 11.3 Å². The molecule has 7 aromatic carbocycles. The highest BCUT2D eigenvalue weighted by molar-refractivity contribution is 7.26. The number of benzene rings is 7. The van der Waals surface area contributed by atoms with Crippen LogP contribution < -0.4 is 0 Å². The van der Waals surface area contributed by atoms with Crippen molar-refractivity contribution in [3.8, 4) is 45.6 Å². The quantitative estimate of drug-likeness (QED) is 0.185.